The zero-order chi connectivity index (χ0) is 21.1. The van der Waals surface area contributed by atoms with Crippen molar-refractivity contribution in [2.24, 2.45) is 11.8 Å². The van der Waals surface area contributed by atoms with Gasteiger partial charge in [-0.2, -0.15) is 0 Å². The Balaban J connectivity index is 1.26. The van der Waals surface area contributed by atoms with Crippen molar-refractivity contribution in [3.8, 4) is 0 Å². The van der Waals surface area contributed by atoms with Gasteiger partial charge in [-0.1, -0.05) is 5.16 Å². The Morgan fingerprint density at radius 1 is 0.933 bits per heavy atom. The number of hydrogen-bond donors (Lipinski definition) is 1. The topological polar surface area (TPSA) is 99.0 Å². The number of anilines is 1. The van der Waals surface area contributed by atoms with E-state index in [1.54, 1.807) is 13.0 Å². The third-order valence-electron chi connectivity index (χ3n) is 6.47. The van der Waals surface area contributed by atoms with E-state index in [1.807, 2.05) is 14.7 Å². The average molecular weight is 418 g/mol. The second-order valence-corrected chi connectivity index (χ2v) is 8.67. The summed E-state index contributed by atoms with van der Waals surface area (Å²) in [4.78, 5) is 43.8. The molecule has 0 saturated carbocycles. The fourth-order valence-corrected chi connectivity index (χ4v) is 4.73. The summed E-state index contributed by atoms with van der Waals surface area (Å²) in [5, 5.41) is 6.59. The smallest absolute Gasteiger partial charge is 0.320 e. The Hall–Kier alpha value is -2.58. The number of nitrogens with one attached hydrogen (secondary N) is 1. The van der Waals surface area contributed by atoms with Gasteiger partial charge in [0.15, 0.2) is 5.82 Å². The molecule has 30 heavy (non-hydrogen) atoms. The normalized spacial score (nSPS) is 23.0. The third kappa shape index (κ3) is 4.60. The van der Waals surface area contributed by atoms with Gasteiger partial charge in [0, 0.05) is 51.3 Å². The van der Waals surface area contributed by atoms with Crippen molar-refractivity contribution >= 4 is 23.7 Å². The summed E-state index contributed by atoms with van der Waals surface area (Å²) in [5.74, 6) is 0.867. The highest BCUT2D eigenvalue weighted by molar-refractivity contribution is 5.92. The van der Waals surface area contributed by atoms with Crippen molar-refractivity contribution in [1.29, 1.82) is 0 Å². The zero-order valence-corrected chi connectivity index (χ0v) is 17.6. The van der Waals surface area contributed by atoms with Crippen LogP contribution >= 0.6 is 0 Å². The molecule has 164 valence electrons. The molecule has 0 aromatic carbocycles. The molecule has 3 saturated heterocycles. The van der Waals surface area contributed by atoms with Crippen LogP contribution in [-0.4, -0.2) is 77.0 Å². The molecule has 0 aliphatic carbocycles. The predicted molar refractivity (Wildman–Crippen MR) is 110 cm³/mol. The number of carbonyl (C=O) groups is 3. The second-order valence-electron chi connectivity index (χ2n) is 8.67. The van der Waals surface area contributed by atoms with Gasteiger partial charge in [0.25, 0.3) is 0 Å². The van der Waals surface area contributed by atoms with E-state index in [4.69, 9.17) is 4.52 Å². The summed E-state index contributed by atoms with van der Waals surface area (Å²) in [6, 6.07) is 1.78. The van der Waals surface area contributed by atoms with Crippen LogP contribution in [0.15, 0.2) is 10.6 Å². The first-order valence-corrected chi connectivity index (χ1v) is 11.1. The molecule has 0 radical (unpaired) electrons. The van der Waals surface area contributed by atoms with Crippen molar-refractivity contribution in [3.05, 3.63) is 11.8 Å². The Morgan fingerprint density at radius 2 is 1.63 bits per heavy atom. The fraction of sp³-hybridized carbons (Fsp3) is 0.714. The van der Waals surface area contributed by atoms with Crippen LogP contribution in [0, 0.1) is 18.8 Å². The Morgan fingerprint density at radius 3 is 2.30 bits per heavy atom. The number of aromatic nitrogens is 1. The minimum absolute atomic E-state index is 0.0737. The number of aryl methyl sites for hydroxylation is 1. The number of likely N-dealkylation sites (tertiary alicyclic amines) is 3. The van der Waals surface area contributed by atoms with E-state index in [0.717, 1.165) is 45.3 Å². The highest BCUT2D eigenvalue weighted by Crippen LogP contribution is 2.25. The molecular formula is C21H31N5O4. The molecule has 4 amide bonds. The lowest BCUT2D eigenvalue weighted by molar-refractivity contribution is -0.139. The Kier molecular flexibility index (Phi) is 6.24. The molecule has 1 atom stereocenters. The van der Waals surface area contributed by atoms with Crippen molar-refractivity contribution in [2.75, 3.05) is 44.6 Å². The van der Waals surface area contributed by atoms with E-state index in [-0.39, 0.29) is 29.7 Å². The number of rotatable bonds is 3. The van der Waals surface area contributed by atoms with Crippen LogP contribution in [0.4, 0.5) is 10.6 Å². The molecule has 1 aromatic heterocycles. The zero-order valence-electron chi connectivity index (χ0n) is 17.6. The fourth-order valence-electron chi connectivity index (χ4n) is 4.73. The quantitative estimate of drug-likeness (QED) is 0.812. The molecule has 3 aliphatic rings. The van der Waals surface area contributed by atoms with Crippen LogP contribution in [0.1, 0.15) is 44.3 Å². The lowest BCUT2D eigenvalue weighted by Gasteiger charge is -2.38. The van der Waals surface area contributed by atoms with Gasteiger partial charge in [-0.25, -0.2) is 4.79 Å². The second kappa shape index (κ2) is 9.06. The summed E-state index contributed by atoms with van der Waals surface area (Å²) in [6.07, 6.45) is 5.11. The first-order valence-electron chi connectivity index (χ1n) is 11.1. The predicted octanol–water partition coefficient (Wildman–Crippen LogP) is 2.09. The van der Waals surface area contributed by atoms with E-state index in [0.29, 0.717) is 44.1 Å². The van der Waals surface area contributed by atoms with E-state index < -0.39 is 0 Å². The summed E-state index contributed by atoms with van der Waals surface area (Å²) < 4.78 is 4.98. The molecule has 4 rings (SSSR count). The molecule has 1 N–H and O–H groups in total. The number of hydrogen-bond acceptors (Lipinski definition) is 5. The largest absolute Gasteiger partial charge is 0.360 e. The molecule has 0 spiro atoms. The molecule has 9 heteroatoms. The SMILES string of the molecule is Cc1cc(NC(=O)C2CCN(C(=O)C3CCCN(C(=O)N4CCCC4)C3)CC2)no1. The molecule has 1 aromatic rings. The maximum atomic E-state index is 13.1. The van der Waals surface area contributed by atoms with Crippen LogP contribution in [0.5, 0.6) is 0 Å². The molecular weight excluding hydrogens is 386 g/mol. The highest BCUT2D eigenvalue weighted by Gasteiger charge is 2.35. The van der Waals surface area contributed by atoms with Gasteiger partial charge >= 0.3 is 6.03 Å². The van der Waals surface area contributed by atoms with E-state index >= 15 is 0 Å². The van der Waals surface area contributed by atoms with Crippen LogP contribution in [0.25, 0.3) is 0 Å². The lowest BCUT2D eigenvalue weighted by Crippen LogP contribution is -2.51. The maximum Gasteiger partial charge on any atom is 0.320 e. The van der Waals surface area contributed by atoms with Gasteiger partial charge in [-0.3, -0.25) is 9.59 Å². The first kappa shape index (κ1) is 20.7. The van der Waals surface area contributed by atoms with Crippen molar-refractivity contribution in [3.63, 3.8) is 0 Å². The van der Waals surface area contributed by atoms with Gasteiger partial charge in [0.1, 0.15) is 5.76 Å². The molecule has 3 aliphatic heterocycles. The van der Waals surface area contributed by atoms with Gasteiger partial charge in [-0.15, -0.1) is 0 Å². The van der Waals surface area contributed by atoms with Crippen LogP contribution in [0.3, 0.4) is 0 Å². The first-order chi connectivity index (χ1) is 14.5. The third-order valence-corrected chi connectivity index (χ3v) is 6.47. The summed E-state index contributed by atoms with van der Waals surface area (Å²) >= 11 is 0. The van der Waals surface area contributed by atoms with E-state index in [9.17, 15) is 14.4 Å². The number of piperidine rings is 2. The van der Waals surface area contributed by atoms with Crippen molar-refractivity contribution in [1.82, 2.24) is 19.9 Å². The van der Waals surface area contributed by atoms with Gasteiger partial charge in [0.05, 0.1) is 5.92 Å². The lowest BCUT2D eigenvalue weighted by atomic mass is 9.92. The minimum Gasteiger partial charge on any atom is -0.360 e. The summed E-state index contributed by atoms with van der Waals surface area (Å²) in [6.45, 7) is 5.84. The van der Waals surface area contributed by atoms with Crippen molar-refractivity contribution in [2.45, 2.75) is 45.4 Å². The van der Waals surface area contributed by atoms with Gasteiger partial charge < -0.3 is 24.5 Å². The highest BCUT2D eigenvalue weighted by atomic mass is 16.5. The van der Waals surface area contributed by atoms with Gasteiger partial charge in [-0.05, 0) is 45.4 Å². The monoisotopic (exact) mass is 417 g/mol. The standard InChI is InChI=1S/C21H31N5O4/c1-15-13-18(23-30-15)22-19(27)16-6-11-24(12-7-16)20(28)17-5-4-10-26(14-17)21(29)25-8-2-3-9-25/h13,16-17H,2-12,14H2,1H3,(H,22,23,27). The maximum absolute atomic E-state index is 13.1. The Labute approximate surface area is 176 Å². The summed E-state index contributed by atoms with van der Waals surface area (Å²) in [7, 11) is 0. The summed E-state index contributed by atoms with van der Waals surface area (Å²) in [5.41, 5.74) is 0. The van der Waals surface area contributed by atoms with Crippen LogP contribution in [0.2, 0.25) is 0 Å². The molecule has 3 fully saturated rings. The van der Waals surface area contributed by atoms with Crippen LogP contribution < -0.4 is 5.32 Å². The number of urea groups is 1. The molecule has 9 nitrogen and oxygen atoms in total. The molecule has 1 unspecified atom stereocenters. The Bertz CT molecular complexity index is 780. The number of nitrogens with zero attached hydrogens (tertiary/aromatic N) is 4. The minimum atomic E-state index is -0.134. The molecule has 0 bridgehead atoms. The number of amides is 4. The van der Waals surface area contributed by atoms with Crippen molar-refractivity contribution < 1.29 is 18.9 Å². The number of carbonyl (C=O) groups excluding carboxylic acids is 3. The van der Waals surface area contributed by atoms with E-state index in [2.05, 4.69) is 10.5 Å². The molecule has 4 heterocycles. The van der Waals surface area contributed by atoms with Gasteiger partial charge in [0.2, 0.25) is 11.8 Å². The van der Waals surface area contributed by atoms with Crippen LogP contribution in [-0.2, 0) is 9.59 Å². The van der Waals surface area contributed by atoms with E-state index in [1.165, 1.54) is 0 Å². The average Bonchev–Trinajstić information content (AvgIpc) is 3.45.